The van der Waals surface area contributed by atoms with Crippen molar-refractivity contribution in [3.8, 4) is 0 Å². The fourth-order valence-electron chi connectivity index (χ4n) is 3.46. The SMILES string of the molecule is O=C(CC1(O)CCCC1)NCc1ccnc(N2CCCC2)c1. The average Bonchev–Trinajstić information content (AvgIpc) is 3.17. The Morgan fingerprint density at radius 3 is 2.73 bits per heavy atom. The number of nitrogens with one attached hydrogen (secondary N) is 1. The lowest BCUT2D eigenvalue weighted by molar-refractivity contribution is -0.126. The highest BCUT2D eigenvalue weighted by molar-refractivity contribution is 5.77. The first-order chi connectivity index (χ1) is 10.6. The van der Waals surface area contributed by atoms with Crippen LogP contribution in [0.5, 0.6) is 0 Å². The number of carbonyl (C=O) groups is 1. The van der Waals surface area contributed by atoms with Gasteiger partial charge in [-0.25, -0.2) is 4.98 Å². The summed E-state index contributed by atoms with van der Waals surface area (Å²) in [4.78, 5) is 18.7. The van der Waals surface area contributed by atoms with Gasteiger partial charge in [0, 0.05) is 25.8 Å². The van der Waals surface area contributed by atoms with Crippen molar-refractivity contribution in [3.63, 3.8) is 0 Å². The van der Waals surface area contributed by atoms with Crippen molar-refractivity contribution < 1.29 is 9.90 Å². The quantitative estimate of drug-likeness (QED) is 0.873. The standard InChI is InChI=1S/C17H25N3O2/c21-16(12-17(22)6-1-2-7-17)19-13-14-5-8-18-15(11-14)20-9-3-4-10-20/h5,8,11,22H,1-4,6-7,9-10,12-13H2,(H,19,21). The Bertz CT molecular complexity index is 520. The second kappa shape index (κ2) is 6.65. The monoisotopic (exact) mass is 303 g/mol. The third-order valence-corrected chi connectivity index (χ3v) is 4.75. The molecule has 2 heterocycles. The number of rotatable bonds is 5. The molecule has 120 valence electrons. The minimum absolute atomic E-state index is 0.0658. The number of nitrogens with zero attached hydrogens (tertiary/aromatic N) is 2. The van der Waals surface area contributed by atoms with Crippen LogP contribution in [0.15, 0.2) is 18.3 Å². The van der Waals surface area contributed by atoms with Crippen molar-refractivity contribution in [2.75, 3.05) is 18.0 Å². The molecule has 1 saturated heterocycles. The molecule has 2 fully saturated rings. The van der Waals surface area contributed by atoms with Crippen LogP contribution >= 0.6 is 0 Å². The topological polar surface area (TPSA) is 65.5 Å². The van der Waals surface area contributed by atoms with E-state index >= 15 is 0 Å². The Morgan fingerprint density at radius 2 is 2.00 bits per heavy atom. The molecule has 1 amide bonds. The third-order valence-electron chi connectivity index (χ3n) is 4.75. The van der Waals surface area contributed by atoms with Gasteiger partial charge in [-0.3, -0.25) is 4.79 Å². The maximum absolute atomic E-state index is 12.0. The fraction of sp³-hybridized carbons (Fsp3) is 0.647. The number of aromatic nitrogens is 1. The van der Waals surface area contributed by atoms with Crippen LogP contribution < -0.4 is 10.2 Å². The second-order valence-corrected chi connectivity index (χ2v) is 6.60. The van der Waals surface area contributed by atoms with Gasteiger partial charge in [0.1, 0.15) is 5.82 Å². The van der Waals surface area contributed by atoms with E-state index in [1.165, 1.54) is 12.8 Å². The van der Waals surface area contributed by atoms with Crippen molar-refractivity contribution in [1.29, 1.82) is 0 Å². The zero-order valence-corrected chi connectivity index (χ0v) is 13.1. The van der Waals surface area contributed by atoms with E-state index in [9.17, 15) is 9.90 Å². The van der Waals surface area contributed by atoms with Gasteiger partial charge in [0.05, 0.1) is 12.0 Å². The fourth-order valence-corrected chi connectivity index (χ4v) is 3.46. The molecular formula is C17H25N3O2. The summed E-state index contributed by atoms with van der Waals surface area (Å²) in [6, 6.07) is 3.99. The van der Waals surface area contributed by atoms with Gasteiger partial charge in [-0.15, -0.1) is 0 Å². The Morgan fingerprint density at radius 1 is 1.27 bits per heavy atom. The van der Waals surface area contributed by atoms with E-state index < -0.39 is 5.60 Å². The van der Waals surface area contributed by atoms with Crippen LogP contribution in [0.4, 0.5) is 5.82 Å². The molecule has 0 atom stereocenters. The van der Waals surface area contributed by atoms with Crippen LogP contribution in [0, 0.1) is 0 Å². The Hall–Kier alpha value is -1.62. The van der Waals surface area contributed by atoms with Gasteiger partial charge in [0.15, 0.2) is 0 Å². The molecule has 1 saturated carbocycles. The molecule has 2 N–H and O–H groups in total. The van der Waals surface area contributed by atoms with Crippen molar-refractivity contribution in [2.24, 2.45) is 0 Å². The van der Waals surface area contributed by atoms with Crippen LogP contribution in [0.25, 0.3) is 0 Å². The summed E-state index contributed by atoms with van der Waals surface area (Å²) in [6.07, 6.45) is 8.00. The smallest absolute Gasteiger partial charge is 0.223 e. The lowest BCUT2D eigenvalue weighted by Crippen LogP contribution is -2.34. The largest absolute Gasteiger partial charge is 0.389 e. The van der Waals surface area contributed by atoms with E-state index in [1.54, 1.807) is 6.20 Å². The minimum Gasteiger partial charge on any atom is -0.389 e. The minimum atomic E-state index is -0.775. The first kappa shape index (κ1) is 15.3. The van der Waals surface area contributed by atoms with Gasteiger partial charge >= 0.3 is 0 Å². The molecule has 2 aliphatic rings. The summed E-state index contributed by atoms with van der Waals surface area (Å²) in [7, 11) is 0. The average molecular weight is 303 g/mol. The Labute approximate surface area is 131 Å². The summed E-state index contributed by atoms with van der Waals surface area (Å²) in [5, 5.41) is 13.2. The predicted molar refractivity (Wildman–Crippen MR) is 85.6 cm³/mol. The summed E-state index contributed by atoms with van der Waals surface area (Å²) >= 11 is 0. The van der Waals surface area contributed by atoms with Crippen molar-refractivity contribution in [3.05, 3.63) is 23.9 Å². The van der Waals surface area contributed by atoms with Crippen molar-refractivity contribution in [1.82, 2.24) is 10.3 Å². The maximum Gasteiger partial charge on any atom is 0.223 e. The number of carbonyl (C=O) groups excluding carboxylic acids is 1. The Kier molecular flexibility index (Phi) is 4.62. The molecule has 5 heteroatoms. The molecular weight excluding hydrogens is 278 g/mol. The summed E-state index contributed by atoms with van der Waals surface area (Å²) in [5.74, 6) is 0.933. The van der Waals surface area contributed by atoms with Gasteiger partial charge in [-0.05, 0) is 43.4 Å². The van der Waals surface area contributed by atoms with Gasteiger partial charge < -0.3 is 15.3 Å². The Balaban J connectivity index is 1.52. The molecule has 22 heavy (non-hydrogen) atoms. The molecule has 3 rings (SSSR count). The highest BCUT2D eigenvalue weighted by Gasteiger charge is 2.33. The van der Waals surface area contributed by atoms with E-state index in [2.05, 4.69) is 21.3 Å². The number of pyridine rings is 1. The van der Waals surface area contributed by atoms with Gasteiger partial charge in [0.25, 0.3) is 0 Å². The summed E-state index contributed by atoms with van der Waals surface area (Å²) in [6.45, 7) is 2.63. The molecule has 0 unspecified atom stereocenters. The predicted octanol–water partition coefficient (Wildman–Crippen LogP) is 1.99. The highest BCUT2D eigenvalue weighted by Crippen LogP contribution is 2.32. The molecule has 1 aliphatic carbocycles. The van der Waals surface area contributed by atoms with Gasteiger partial charge in [-0.2, -0.15) is 0 Å². The highest BCUT2D eigenvalue weighted by atomic mass is 16.3. The number of aliphatic hydroxyl groups is 1. The molecule has 1 aromatic heterocycles. The number of hydrogen-bond donors (Lipinski definition) is 2. The molecule has 1 aliphatic heterocycles. The molecule has 5 nitrogen and oxygen atoms in total. The maximum atomic E-state index is 12.0. The normalized spacial score (nSPS) is 20.3. The molecule has 0 spiro atoms. The zero-order valence-electron chi connectivity index (χ0n) is 13.1. The molecule has 1 aromatic rings. The van der Waals surface area contributed by atoms with E-state index in [4.69, 9.17) is 0 Å². The molecule has 0 bridgehead atoms. The second-order valence-electron chi connectivity index (χ2n) is 6.60. The lowest BCUT2D eigenvalue weighted by atomic mass is 9.97. The van der Waals surface area contributed by atoms with E-state index in [-0.39, 0.29) is 12.3 Å². The van der Waals surface area contributed by atoms with Gasteiger partial charge in [0.2, 0.25) is 5.91 Å². The number of anilines is 1. The van der Waals surface area contributed by atoms with Crippen LogP contribution in [-0.4, -0.2) is 34.7 Å². The first-order valence-corrected chi connectivity index (χ1v) is 8.34. The van der Waals surface area contributed by atoms with Crippen LogP contribution in [0.1, 0.15) is 50.5 Å². The summed E-state index contributed by atoms with van der Waals surface area (Å²) in [5.41, 5.74) is 0.284. The molecule has 0 radical (unpaired) electrons. The van der Waals surface area contributed by atoms with Crippen LogP contribution in [0.2, 0.25) is 0 Å². The zero-order chi connectivity index (χ0) is 15.4. The van der Waals surface area contributed by atoms with Crippen molar-refractivity contribution >= 4 is 11.7 Å². The van der Waals surface area contributed by atoms with Crippen LogP contribution in [0.3, 0.4) is 0 Å². The first-order valence-electron chi connectivity index (χ1n) is 8.34. The molecule has 0 aromatic carbocycles. The number of amides is 1. The van der Waals surface area contributed by atoms with E-state index in [1.807, 2.05) is 6.07 Å². The summed E-state index contributed by atoms with van der Waals surface area (Å²) < 4.78 is 0. The lowest BCUT2D eigenvalue weighted by Gasteiger charge is -2.21. The van der Waals surface area contributed by atoms with Gasteiger partial charge in [-0.1, -0.05) is 12.8 Å². The van der Waals surface area contributed by atoms with E-state index in [0.717, 1.165) is 50.2 Å². The number of hydrogen-bond acceptors (Lipinski definition) is 4. The van der Waals surface area contributed by atoms with Crippen LogP contribution in [-0.2, 0) is 11.3 Å². The third kappa shape index (κ3) is 3.77. The van der Waals surface area contributed by atoms with Crippen molar-refractivity contribution in [2.45, 2.75) is 57.1 Å². The van der Waals surface area contributed by atoms with E-state index in [0.29, 0.717) is 6.54 Å².